The van der Waals surface area contributed by atoms with Gasteiger partial charge in [0.05, 0.1) is 19.2 Å². The first-order valence-corrected chi connectivity index (χ1v) is 13.7. The molecular formula is C30H31FN2O5S. The number of methoxy groups -OCH3 is 1. The summed E-state index contributed by atoms with van der Waals surface area (Å²) in [4.78, 5) is 42.2. The number of rotatable bonds is 10. The van der Waals surface area contributed by atoms with E-state index in [0.29, 0.717) is 5.75 Å². The van der Waals surface area contributed by atoms with E-state index in [1.807, 2.05) is 17.5 Å². The predicted molar refractivity (Wildman–Crippen MR) is 147 cm³/mol. The summed E-state index contributed by atoms with van der Waals surface area (Å²) in [5.41, 5.74) is 0.0635. The van der Waals surface area contributed by atoms with Crippen LogP contribution in [-0.4, -0.2) is 40.8 Å². The molecule has 1 atom stereocenters. The molecule has 4 rings (SSSR count). The second-order valence-corrected chi connectivity index (χ2v) is 10.4. The second-order valence-electron chi connectivity index (χ2n) is 9.39. The van der Waals surface area contributed by atoms with Crippen molar-refractivity contribution in [1.29, 1.82) is 0 Å². The van der Waals surface area contributed by atoms with Crippen molar-refractivity contribution in [3.63, 3.8) is 0 Å². The van der Waals surface area contributed by atoms with E-state index in [4.69, 9.17) is 4.74 Å². The number of phenolic OH excluding ortho intramolecular Hbond substituents is 1. The Morgan fingerprint density at radius 3 is 2.54 bits per heavy atom. The van der Waals surface area contributed by atoms with Gasteiger partial charge in [0.25, 0.3) is 0 Å². The van der Waals surface area contributed by atoms with Gasteiger partial charge in [-0.2, -0.15) is 0 Å². The Kier molecular flexibility index (Phi) is 9.49. The van der Waals surface area contributed by atoms with Crippen molar-refractivity contribution < 1.29 is 28.6 Å². The van der Waals surface area contributed by atoms with Gasteiger partial charge in [-0.25, -0.2) is 4.39 Å². The van der Waals surface area contributed by atoms with Gasteiger partial charge in [-0.05, 0) is 48.6 Å². The zero-order valence-corrected chi connectivity index (χ0v) is 22.5. The first kappa shape index (κ1) is 28.0. The van der Waals surface area contributed by atoms with Gasteiger partial charge < -0.3 is 20.1 Å². The molecule has 1 heterocycles. The lowest BCUT2D eigenvalue weighted by Crippen LogP contribution is -2.46. The van der Waals surface area contributed by atoms with Crippen LogP contribution in [0.15, 0.2) is 72.1 Å². The van der Waals surface area contributed by atoms with Crippen LogP contribution in [0, 0.1) is 5.82 Å². The van der Waals surface area contributed by atoms with Crippen LogP contribution in [-0.2, 0) is 16.1 Å². The summed E-state index contributed by atoms with van der Waals surface area (Å²) < 4.78 is 20.1. The van der Waals surface area contributed by atoms with Crippen molar-refractivity contribution in [1.82, 2.24) is 10.2 Å². The van der Waals surface area contributed by atoms with Crippen molar-refractivity contribution in [3.8, 4) is 11.5 Å². The third-order valence-electron chi connectivity index (χ3n) is 6.75. The highest BCUT2D eigenvalue weighted by Crippen LogP contribution is 2.29. The van der Waals surface area contributed by atoms with E-state index < -0.39 is 29.5 Å². The lowest BCUT2D eigenvalue weighted by atomic mass is 9.94. The van der Waals surface area contributed by atoms with Gasteiger partial charge in [0.1, 0.15) is 23.4 Å². The number of nitrogens with zero attached hydrogens (tertiary/aromatic N) is 1. The third kappa shape index (κ3) is 7.11. The topological polar surface area (TPSA) is 95.9 Å². The molecule has 2 N–H and O–H groups in total. The molecular weight excluding hydrogens is 519 g/mol. The summed E-state index contributed by atoms with van der Waals surface area (Å²) in [5, 5.41) is 15.1. The SMILES string of the molecule is COc1ccc(C(=O)C=CC(=O)N(Cc2cccs2)C(C(=O)NC2CCCCC2)c2ccccc2F)c(O)c1. The molecule has 9 heteroatoms. The number of carbonyl (C=O) groups excluding carboxylic acids is 3. The van der Waals surface area contributed by atoms with Crippen molar-refractivity contribution >= 4 is 28.9 Å². The number of allylic oxidation sites excluding steroid dienone is 1. The molecule has 2 amide bonds. The van der Waals surface area contributed by atoms with E-state index in [1.165, 1.54) is 59.7 Å². The van der Waals surface area contributed by atoms with Gasteiger partial charge in [-0.1, -0.05) is 43.5 Å². The zero-order chi connectivity index (χ0) is 27.8. The van der Waals surface area contributed by atoms with E-state index in [9.17, 15) is 19.5 Å². The Morgan fingerprint density at radius 2 is 1.87 bits per heavy atom. The highest BCUT2D eigenvalue weighted by molar-refractivity contribution is 7.09. The Morgan fingerprint density at radius 1 is 1.10 bits per heavy atom. The smallest absolute Gasteiger partial charge is 0.247 e. The van der Waals surface area contributed by atoms with Gasteiger partial charge in [0.15, 0.2) is 5.78 Å². The van der Waals surface area contributed by atoms with Gasteiger partial charge in [-0.15, -0.1) is 11.3 Å². The van der Waals surface area contributed by atoms with Crippen LogP contribution in [0.25, 0.3) is 0 Å². The standard InChI is InChI=1S/C30H31FN2O5S/c1-38-21-13-14-24(27(35)18-21)26(34)15-16-28(36)33(19-22-10-7-17-39-22)29(23-11-5-6-12-25(23)31)30(37)32-20-8-3-2-4-9-20/h5-7,10-18,20,29,35H,2-4,8-9,19H2,1H3,(H,32,37). The van der Waals surface area contributed by atoms with Crippen LogP contribution in [0.2, 0.25) is 0 Å². The maximum atomic E-state index is 15.1. The second kappa shape index (κ2) is 13.2. The molecule has 7 nitrogen and oxygen atoms in total. The minimum Gasteiger partial charge on any atom is -0.507 e. The summed E-state index contributed by atoms with van der Waals surface area (Å²) in [6.07, 6.45) is 6.86. The van der Waals surface area contributed by atoms with Crippen LogP contribution < -0.4 is 10.1 Å². The molecule has 1 aromatic heterocycles. The van der Waals surface area contributed by atoms with E-state index in [0.717, 1.165) is 49.1 Å². The minimum atomic E-state index is -1.25. The van der Waals surface area contributed by atoms with E-state index >= 15 is 4.39 Å². The number of hydrogen-bond acceptors (Lipinski definition) is 6. The number of phenols is 1. The monoisotopic (exact) mass is 550 g/mol. The molecule has 1 unspecified atom stereocenters. The van der Waals surface area contributed by atoms with Crippen LogP contribution in [0.4, 0.5) is 4.39 Å². The summed E-state index contributed by atoms with van der Waals surface area (Å²) in [6, 6.07) is 12.5. The molecule has 0 spiro atoms. The molecule has 3 aromatic rings. The Bertz CT molecular complexity index is 1330. The normalized spacial score (nSPS) is 14.6. The molecule has 0 saturated heterocycles. The summed E-state index contributed by atoms with van der Waals surface area (Å²) in [7, 11) is 1.44. The molecule has 204 valence electrons. The average molecular weight is 551 g/mol. The molecule has 2 aromatic carbocycles. The van der Waals surface area contributed by atoms with Crippen molar-refractivity contribution in [3.05, 3.63) is 94.0 Å². The third-order valence-corrected chi connectivity index (χ3v) is 7.61. The largest absolute Gasteiger partial charge is 0.507 e. The lowest BCUT2D eigenvalue weighted by Gasteiger charge is -2.32. The summed E-state index contributed by atoms with van der Waals surface area (Å²) in [5.74, 6) is -2.23. The molecule has 0 aliphatic heterocycles. The number of ketones is 1. The Hall–Kier alpha value is -3.98. The highest BCUT2D eigenvalue weighted by Gasteiger charge is 2.34. The Labute approximate surface area is 230 Å². The van der Waals surface area contributed by atoms with Crippen molar-refractivity contribution in [2.45, 2.75) is 50.7 Å². The maximum absolute atomic E-state index is 15.1. The fourth-order valence-corrected chi connectivity index (χ4v) is 5.42. The number of nitrogens with one attached hydrogen (secondary N) is 1. The van der Waals surface area contributed by atoms with Gasteiger partial charge in [0.2, 0.25) is 11.8 Å². The van der Waals surface area contributed by atoms with Gasteiger partial charge in [0, 0.05) is 28.6 Å². The number of ether oxygens (including phenoxy) is 1. The fraction of sp³-hybridized carbons (Fsp3) is 0.300. The zero-order valence-electron chi connectivity index (χ0n) is 21.6. The minimum absolute atomic E-state index is 0.00893. The lowest BCUT2D eigenvalue weighted by molar-refractivity contribution is -0.138. The Balaban J connectivity index is 1.66. The van der Waals surface area contributed by atoms with Crippen LogP contribution >= 0.6 is 11.3 Å². The number of halogens is 1. The number of thiophene rings is 1. The highest BCUT2D eigenvalue weighted by atomic mass is 32.1. The van der Waals surface area contributed by atoms with E-state index in [2.05, 4.69) is 5.32 Å². The molecule has 1 saturated carbocycles. The number of aromatic hydroxyl groups is 1. The number of carbonyl (C=O) groups is 3. The number of amides is 2. The quantitative estimate of drug-likeness (QED) is 0.255. The molecule has 1 aliphatic carbocycles. The summed E-state index contributed by atoms with van der Waals surface area (Å²) in [6.45, 7) is 0.0416. The predicted octanol–water partition coefficient (Wildman–Crippen LogP) is 5.56. The van der Waals surface area contributed by atoms with Crippen LogP contribution in [0.5, 0.6) is 11.5 Å². The van der Waals surface area contributed by atoms with Crippen LogP contribution in [0.3, 0.4) is 0 Å². The average Bonchev–Trinajstić information content (AvgIpc) is 3.46. The van der Waals surface area contributed by atoms with Crippen molar-refractivity contribution in [2.24, 2.45) is 0 Å². The molecule has 0 bridgehead atoms. The summed E-state index contributed by atoms with van der Waals surface area (Å²) >= 11 is 1.40. The number of benzene rings is 2. The molecule has 1 fully saturated rings. The van der Waals surface area contributed by atoms with E-state index in [1.54, 1.807) is 6.07 Å². The first-order valence-electron chi connectivity index (χ1n) is 12.8. The molecule has 1 aliphatic rings. The van der Waals surface area contributed by atoms with Crippen molar-refractivity contribution in [2.75, 3.05) is 7.11 Å². The maximum Gasteiger partial charge on any atom is 0.247 e. The first-order chi connectivity index (χ1) is 18.9. The fourth-order valence-electron chi connectivity index (χ4n) is 4.72. The van der Waals surface area contributed by atoms with Crippen LogP contribution in [0.1, 0.15) is 58.9 Å². The number of hydrogen-bond donors (Lipinski definition) is 2. The molecule has 0 radical (unpaired) electrons. The van der Waals surface area contributed by atoms with Gasteiger partial charge in [-0.3, -0.25) is 14.4 Å². The van der Waals surface area contributed by atoms with E-state index in [-0.39, 0.29) is 29.5 Å². The molecule has 39 heavy (non-hydrogen) atoms. The van der Waals surface area contributed by atoms with Gasteiger partial charge >= 0.3 is 0 Å².